The second kappa shape index (κ2) is 12.9. The molecule has 0 saturated carbocycles. The zero-order valence-electron chi connectivity index (χ0n) is 16.6. The van der Waals surface area contributed by atoms with E-state index in [1.165, 1.54) is 0 Å². The number of carboxylic acid groups (broad SMARTS) is 1. The monoisotopic (exact) mass is 436 g/mol. The third-order valence-corrected chi connectivity index (χ3v) is 5.13. The van der Waals surface area contributed by atoms with E-state index in [0.717, 1.165) is 0 Å². The smallest absolute Gasteiger partial charge is 0.326 e. The molecule has 0 fully saturated rings. The number of carbonyl (C=O) groups excluding carboxylic acids is 3. The Morgan fingerprint density at radius 2 is 1.43 bits per heavy atom. The van der Waals surface area contributed by atoms with Crippen molar-refractivity contribution in [3.05, 3.63) is 0 Å². The van der Waals surface area contributed by atoms with Crippen molar-refractivity contribution in [3.63, 3.8) is 0 Å². The lowest BCUT2D eigenvalue weighted by Gasteiger charge is -2.28. The number of rotatable bonds is 12. The van der Waals surface area contributed by atoms with Crippen molar-refractivity contribution in [1.82, 2.24) is 16.0 Å². The second-order valence-electron chi connectivity index (χ2n) is 6.97. The molecule has 5 unspecified atom stereocenters. The van der Waals surface area contributed by atoms with Crippen LogP contribution in [0, 0.1) is 11.8 Å². The molecule has 0 bridgehead atoms. The van der Waals surface area contributed by atoms with E-state index in [9.17, 15) is 24.3 Å². The summed E-state index contributed by atoms with van der Waals surface area (Å²) in [6, 6.07) is -3.92. The molecule has 5 atom stereocenters. The van der Waals surface area contributed by atoms with E-state index in [4.69, 9.17) is 5.73 Å². The Labute approximate surface area is 176 Å². The fraction of sp³-hybridized carbons (Fsp3) is 0.765. The van der Waals surface area contributed by atoms with Gasteiger partial charge in [0.15, 0.2) is 0 Å². The van der Waals surface area contributed by atoms with Gasteiger partial charge in [-0.15, -0.1) is 0 Å². The zero-order valence-corrected chi connectivity index (χ0v) is 18.4. The van der Waals surface area contributed by atoms with Crippen LogP contribution in [-0.4, -0.2) is 64.5 Å². The largest absolute Gasteiger partial charge is 0.480 e. The first-order valence-electron chi connectivity index (χ1n) is 9.11. The number of nitrogens with one attached hydrogen (secondary N) is 3. The van der Waals surface area contributed by atoms with Gasteiger partial charge in [0, 0.05) is 11.5 Å². The van der Waals surface area contributed by atoms with Gasteiger partial charge in [-0.3, -0.25) is 14.4 Å². The van der Waals surface area contributed by atoms with Crippen LogP contribution in [0.3, 0.4) is 0 Å². The molecule has 0 saturated heterocycles. The molecular formula is C17H32N4O5S2. The first kappa shape index (κ1) is 26.5. The fourth-order valence-electron chi connectivity index (χ4n) is 2.27. The first-order valence-corrected chi connectivity index (χ1v) is 10.4. The van der Waals surface area contributed by atoms with Crippen LogP contribution in [0.2, 0.25) is 0 Å². The van der Waals surface area contributed by atoms with Crippen LogP contribution in [-0.2, 0) is 19.2 Å². The third kappa shape index (κ3) is 8.27. The van der Waals surface area contributed by atoms with Crippen molar-refractivity contribution < 1.29 is 24.3 Å². The Kier molecular flexibility index (Phi) is 12.2. The van der Waals surface area contributed by atoms with Crippen molar-refractivity contribution in [2.45, 2.75) is 58.3 Å². The molecule has 0 aliphatic carbocycles. The Morgan fingerprint density at radius 3 is 1.82 bits per heavy atom. The van der Waals surface area contributed by atoms with Gasteiger partial charge in [-0.2, -0.15) is 25.3 Å². The third-order valence-electron chi connectivity index (χ3n) is 4.37. The molecule has 0 rings (SSSR count). The van der Waals surface area contributed by atoms with E-state index in [1.807, 2.05) is 6.92 Å². The Hall–Kier alpha value is -1.46. The van der Waals surface area contributed by atoms with E-state index in [-0.39, 0.29) is 23.3 Å². The molecule has 0 radical (unpaired) electrons. The quantitative estimate of drug-likeness (QED) is 0.203. The molecular weight excluding hydrogens is 404 g/mol. The van der Waals surface area contributed by atoms with Crippen molar-refractivity contribution >= 4 is 48.9 Å². The predicted molar refractivity (Wildman–Crippen MR) is 113 cm³/mol. The van der Waals surface area contributed by atoms with Gasteiger partial charge in [0.05, 0.1) is 6.04 Å². The highest BCUT2D eigenvalue weighted by Gasteiger charge is 2.33. The number of aliphatic carboxylic acids is 1. The minimum atomic E-state index is -1.15. The van der Waals surface area contributed by atoms with E-state index in [2.05, 4.69) is 41.2 Å². The SMILES string of the molecule is CCC(C)C(NC(=O)C(CS)NC(=O)C(N)CS)C(=O)NC(C(=O)O)C(C)C. The van der Waals surface area contributed by atoms with Gasteiger partial charge >= 0.3 is 5.97 Å². The predicted octanol–water partition coefficient (Wildman–Crippen LogP) is -0.586. The number of thiol groups is 2. The van der Waals surface area contributed by atoms with E-state index in [0.29, 0.717) is 6.42 Å². The normalized spacial score (nSPS) is 16.4. The Morgan fingerprint density at radius 1 is 0.893 bits per heavy atom. The Bertz CT molecular complexity index is 562. The molecule has 0 aromatic heterocycles. The van der Waals surface area contributed by atoms with Crippen LogP contribution in [0.4, 0.5) is 0 Å². The summed E-state index contributed by atoms with van der Waals surface area (Å²) in [5.41, 5.74) is 5.59. The summed E-state index contributed by atoms with van der Waals surface area (Å²) >= 11 is 8.01. The van der Waals surface area contributed by atoms with E-state index >= 15 is 0 Å². The lowest BCUT2D eigenvalue weighted by atomic mass is 9.96. The van der Waals surface area contributed by atoms with Crippen LogP contribution >= 0.6 is 25.3 Å². The van der Waals surface area contributed by atoms with Gasteiger partial charge in [-0.1, -0.05) is 34.1 Å². The molecule has 0 spiro atoms. The number of amides is 3. The average molecular weight is 437 g/mol. The summed E-state index contributed by atoms with van der Waals surface area (Å²) in [4.78, 5) is 48.5. The topological polar surface area (TPSA) is 151 Å². The highest BCUT2D eigenvalue weighted by molar-refractivity contribution is 7.80. The maximum Gasteiger partial charge on any atom is 0.326 e. The minimum absolute atomic E-state index is 0.00451. The molecule has 0 aromatic carbocycles. The van der Waals surface area contributed by atoms with Crippen molar-refractivity contribution in [3.8, 4) is 0 Å². The summed E-state index contributed by atoms with van der Waals surface area (Å²) < 4.78 is 0. The summed E-state index contributed by atoms with van der Waals surface area (Å²) in [5, 5.41) is 16.8. The lowest BCUT2D eigenvalue weighted by molar-refractivity contribution is -0.144. The molecule has 28 heavy (non-hydrogen) atoms. The molecule has 6 N–H and O–H groups in total. The summed E-state index contributed by atoms with van der Waals surface area (Å²) in [6.07, 6.45) is 0.570. The minimum Gasteiger partial charge on any atom is -0.480 e. The van der Waals surface area contributed by atoms with Gasteiger partial charge in [-0.05, 0) is 11.8 Å². The second-order valence-corrected chi connectivity index (χ2v) is 7.70. The molecule has 3 amide bonds. The Balaban J connectivity index is 5.30. The van der Waals surface area contributed by atoms with Crippen LogP contribution in [0.15, 0.2) is 0 Å². The highest BCUT2D eigenvalue weighted by atomic mass is 32.1. The van der Waals surface area contributed by atoms with Gasteiger partial charge < -0.3 is 26.8 Å². The van der Waals surface area contributed by atoms with Crippen LogP contribution < -0.4 is 21.7 Å². The van der Waals surface area contributed by atoms with Gasteiger partial charge in [0.1, 0.15) is 18.1 Å². The van der Waals surface area contributed by atoms with Crippen molar-refractivity contribution in [2.75, 3.05) is 11.5 Å². The maximum absolute atomic E-state index is 12.7. The van der Waals surface area contributed by atoms with Gasteiger partial charge in [-0.25, -0.2) is 4.79 Å². The van der Waals surface area contributed by atoms with Crippen molar-refractivity contribution in [2.24, 2.45) is 17.6 Å². The lowest BCUT2D eigenvalue weighted by Crippen LogP contribution is -2.59. The van der Waals surface area contributed by atoms with Crippen LogP contribution in [0.1, 0.15) is 34.1 Å². The fourth-order valence-corrected chi connectivity index (χ4v) is 2.69. The van der Waals surface area contributed by atoms with Crippen molar-refractivity contribution in [1.29, 1.82) is 0 Å². The van der Waals surface area contributed by atoms with E-state index < -0.39 is 47.9 Å². The molecule has 0 aliphatic heterocycles. The van der Waals surface area contributed by atoms with E-state index in [1.54, 1.807) is 20.8 Å². The van der Waals surface area contributed by atoms with Gasteiger partial charge in [0.25, 0.3) is 0 Å². The number of nitrogens with two attached hydrogens (primary N) is 1. The molecule has 0 heterocycles. The number of hydrogen-bond donors (Lipinski definition) is 7. The summed E-state index contributed by atoms with van der Waals surface area (Å²) in [6.45, 7) is 6.96. The zero-order chi connectivity index (χ0) is 22.0. The molecule has 0 aromatic rings. The molecule has 162 valence electrons. The first-order chi connectivity index (χ1) is 13.0. The number of carbonyl (C=O) groups is 4. The highest BCUT2D eigenvalue weighted by Crippen LogP contribution is 2.11. The maximum atomic E-state index is 12.7. The molecule has 0 aliphatic rings. The number of hydrogen-bond acceptors (Lipinski definition) is 7. The molecule has 9 nitrogen and oxygen atoms in total. The molecule has 11 heteroatoms. The standard InChI is InChI=1S/C17H32N4O5S2/c1-5-9(4)13(16(24)20-12(8(2)3)17(25)26)21-15(23)11(7-28)19-14(22)10(18)6-27/h8-13,27-28H,5-7,18H2,1-4H3,(H,19,22)(H,20,24)(H,21,23)(H,25,26). The number of carboxylic acids is 1. The van der Waals surface area contributed by atoms with Gasteiger partial charge in [0.2, 0.25) is 17.7 Å². The average Bonchev–Trinajstić information content (AvgIpc) is 2.65. The van der Waals surface area contributed by atoms with Crippen LogP contribution in [0.5, 0.6) is 0 Å². The summed E-state index contributed by atoms with van der Waals surface area (Å²) in [5.74, 6) is -3.40. The van der Waals surface area contributed by atoms with Crippen LogP contribution in [0.25, 0.3) is 0 Å². The summed E-state index contributed by atoms with van der Waals surface area (Å²) in [7, 11) is 0.